The second kappa shape index (κ2) is 2.73. The normalized spacial score (nSPS) is 40.0. The van der Waals surface area contributed by atoms with E-state index >= 15 is 0 Å². The molecule has 0 heterocycles. The molecule has 3 aliphatic carbocycles. The van der Waals surface area contributed by atoms with Crippen LogP contribution in [0.4, 0.5) is 0 Å². The van der Waals surface area contributed by atoms with Crippen molar-refractivity contribution in [3.63, 3.8) is 0 Å². The van der Waals surface area contributed by atoms with Crippen molar-refractivity contribution in [2.45, 2.75) is 12.8 Å². The van der Waals surface area contributed by atoms with Crippen molar-refractivity contribution in [1.29, 1.82) is 0 Å². The summed E-state index contributed by atoms with van der Waals surface area (Å²) < 4.78 is 0. The first-order chi connectivity index (χ1) is 6.45. The highest BCUT2D eigenvalue weighted by Crippen LogP contribution is 2.42. The van der Waals surface area contributed by atoms with Crippen molar-refractivity contribution in [1.82, 2.24) is 0 Å². The molecule has 0 aromatic heterocycles. The molecule has 0 fully saturated rings. The quantitative estimate of drug-likeness (QED) is 0.489. The van der Waals surface area contributed by atoms with Gasteiger partial charge in [0, 0.05) is 5.92 Å². The number of hydrogen-bond acceptors (Lipinski definition) is 0. The molecule has 3 unspecified atom stereocenters. The number of rotatable bonds is 0. The van der Waals surface area contributed by atoms with Crippen LogP contribution >= 0.6 is 0 Å². The molecule has 3 rings (SSSR count). The molecule has 13 heavy (non-hydrogen) atoms. The minimum atomic E-state index is 0.687. The van der Waals surface area contributed by atoms with Crippen molar-refractivity contribution in [2.24, 2.45) is 17.8 Å². The van der Waals surface area contributed by atoms with Crippen LogP contribution in [0.2, 0.25) is 0 Å². The second-order valence-corrected chi connectivity index (χ2v) is 4.18. The van der Waals surface area contributed by atoms with Crippen LogP contribution in [0.1, 0.15) is 12.8 Å². The predicted molar refractivity (Wildman–Crippen MR) is 55.2 cm³/mol. The molecule has 0 aromatic rings. The lowest BCUT2D eigenvalue weighted by Crippen LogP contribution is -2.24. The van der Waals surface area contributed by atoms with Crippen LogP contribution in [0, 0.1) is 17.8 Å². The molecule has 0 bridgehead atoms. The molecule has 0 saturated heterocycles. The van der Waals surface area contributed by atoms with E-state index in [4.69, 9.17) is 0 Å². The summed E-state index contributed by atoms with van der Waals surface area (Å²) in [6.07, 6.45) is 18.9. The van der Waals surface area contributed by atoms with Crippen molar-refractivity contribution >= 4 is 0 Å². The molecular weight excluding hydrogens is 156 g/mol. The summed E-state index contributed by atoms with van der Waals surface area (Å²) in [6, 6.07) is 0. The van der Waals surface area contributed by atoms with Gasteiger partial charge in [0.25, 0.3) is 0 Å². The van der Waals surface area contributed by atoms with Gasteiger partial charge in [0.1, 0.15) is 0 Å². The van der Waals surface area contributed by atoms with Crippen LogP contribution in [-0.2, 0) is 0 Å². The van der Waals surface area contributed by atoms with E-state index < -0.39 is 0 Å². The van der Waals surface area contributed by atoms with E-state index in [1.165, 1.54) is 18.4 Å². The molecule has 3 atom stereocenters. The largest absolute Gasteiger partial charge is 0.0882 e. The van der Waals surface area contributed by atoms with Gasteiger partial charge in [-0.05, 0) is 30.3 Å². The zero-order valence-corrected chi connectivity index (χ0v) is 7.69. The van der Waals surface area contributed by atoms with Gasteiger partial charge < -0.3 is 0 Å². The molecule has 0 aliphatic heterocycles. The van der Waals surface area contributed by atoms with Gasteiger partial charge in [0.05, 0.1) is 0 Å². The maximum Gasteiger partial charge on any atom is 0.00894 e. The fourth-order valence-electron chi connectivity index (χ4n) is 2.75. The summed E-state index contributed by atoms with van der Waals surface area (Å²) in [5, 5.41) is 0. The Kier molecular flexibility index (Phi) is 1.55. The summed E-state index contributed by atoms with van der Waals surface area (Å²) in [5.74, 6) is 2.24. The topological polar surface area (TPSA) is 0 Å². The van der Waals surface area contributed by atoms with Gasteiger partial charge in [-0.2, -0.15) is 0 Å². The predicted octanol–water partition coefficient (Wildman–Crippen LogP) is 3.25. The van der Waals surface area contributed by atoms with Crippen LogP contribution < -0.4 is 0 Å². The fraction of sp³-hybridized carbons (Fsp3) is 0.385. The average Bonchev–Trinajstić information content (AvgIpc) is 2.65. The molecule has 0 amide bonds. The Hall–Kier alpha value is -1.04. The molecule has 0 nitrogen and oxygen atoms in total. The zero-order valence-electron chi connectivity index (χ0n) is 7.69. The van der Waals surface area contributed by atoms with Crippen LogP contribution in [0.5, 0.6) is 0 Å². The van der Waals surface area contributed by atoms with Gasteiger partial charge >= 0.3 is 0 Å². The van der Waals surface area contributed by atoms with Crippen molar-refractivity contribution in [3.8, 4) is 0 Å². The third-order valence-corrected chi connectivity index (χ3v) is 3.46. The highest BCUT2D eigenvalue weighted by Gasteiger charge is 2.31. The molecule has 0 heteroatoms. The lowest BCUT2D eigenvalue weighted by atomic mass is 9.71. The van der Waals surface area contributed by atoms with Gasteiger partial charge in [0.2, 0.25) is 0 Å². The van der Waals surface area contributed by atoms with Crippen molar-refractivity contribution in [3.05, 3.63) is 48.1 Å². The summed E-state index contributed by atoms with van der Waals surface area (Å²) in [7, 11) is 0. The third kappa shape index (κ3) is 1.05. The smallest absolute Gasteiger partial charge is 0.00894 e. The van der Waals surface area contributed by atoms with E-state index in [1.807, 2.05) is 0 Å². The highest BCUT2D eigenvalue weighted by molar-refractivity contribution is 5.40. The van der Waals surface area contributed by atoms with Crippen LogP contribution in [0.15, 0.2) is 48.1 Å². The lowest BCUT2D eigenvalue weighted by molar-refractivity contribution is 0.366. The Bertz CT molecular complexity index is 328. The zero-order chi connectivity index (χ0) is 8.67. The minimum Gasteiger partial charge on any atom is -0.0882 e. The van der Waals surface area contributed by atoms with E-state index in [9.17, 15) is 0 Å². The summed E-state index contributed by atoms with van der Waals surface area (Å²) in [6.45, 7) is 0. The SMILES string of the molecule is C1=CC2C(=C1)C=CC1CCC=CC12. The maximum atomic E-state index is 2.42. The maximum absolute atomic E-state index is 2.42. The average molecular weight is 170 g/mol. The van der Waals surface area contributed by atoms with Gasteiger partial charge in [-0.3, -0.25) is 0 Å². The molecule has 3 aliphatic rings. The summed E-state index contributed by atoms with van der Waals surface area (Å²) in [5.41, 5.74) is 1.51. The highest BCUT2D eigenvalue weighted by atomic mass is 14.4. The standard InChI is InChI=1S/C13H14/c1-2-6-12-10(4-1)8-9-11-5-3-7-13(11)12/h2-3,5-10,12-13H,1,4H2. The third-order valence-electron chi connectivity index (χ3n) is 3.46. The Morgan fingerprint density at radius 1 is 1.15 bits per heavy atom. The molecule has 0 N–H and O–H groups in total. The Labute approximate surface area is 79.3 Å². The van der Waals surface area contributed by atoms with Gasteiger partial charge in [0.15, 0.2) is 0 Å². The number of fused-ring (bicyclic) bond motifs is 3. The number of hydrogen-bond donors (Lipinski definition) is 0. The summed E-state index contributed by atoms with van der Waals surface area (Å²) in [4.78, 5) is 0. The van der Waals surface area contributed by atoms with E-state index in [-0.39, 0.29) is 0 Å². The minimum absolute atomic E-state index is 0.687. The summed E-state index contributed by atoms with van der Waals surface area (Å²) >= 11 is 0. The molecule has 0 saturated carbocycles. The Morgan fingerprint density at radius 2 is 2.15 bits per heavy atom. The first-order valence-corrected chi connectivity index (χ1v) is 5.18. The van der Waals surface area contributed by atoms with E-state index in [1.54, 1.807) is 0 Å². The van der Waals surface area contributed by atoms with Crippen molar-refractivity contribution < 1.29 is 0 Å². The first kappa shape index (κ1) is 7.37. The van der Waals surface area contributed by atoms with Crippen molar-refractivity contribution in [2.75, 3.05) is 0 Å². The monoisotopic (exact) mass is 170 g/mol. The fourth-order valence-corrected chi connectivity index (χ4v) is 2.75. The van der Waals surface area contributed by atoms with Crippen LogP contribution in [0.25, 0.3) is 0 Å². The molecular formula is C13H14. The number of allylic oxidation sites excluding steroid dienone is 8. The second-order valence-electron chi connectivity index (χ2n) is 4.18. The molecule has 0 spiro atoms. The Balaban J connectivity index is 2.01. The van der Waals surface area contributed by atoms with E-state index in [0.717, 1.165) is 11.8 Å². The van der Waals surface area contributed by atoms with Crippen LogP contribution in [-0.4, -0.2) is 0 Å². The first-order valence-electron chi connectivity index (χ1n) is 5.18. The van der Waals surface area contributed by atoms with Crippen LogP contribution in [0.3, 0.4) is 0 Å². The van der Waals surface area contributed by atoms with Gasteiger partial charge in [-0.25, -0.2) is 0 Å². The van der Waals surface area contributed by atoms with E-state index in [0.29, 0.717) is 5.92 Å². The molecule has 0 radical (unpaired) electrons. The van der Waals surface area contributed by atoms with E-state index in [2.05, 4.69) is 42.5 Å². The molecule has 0 aromatic carbocycles. The molecule has 66 valence electrons. The van der Waals surface area contributed by atoms with Gasteiger partial charge in [-0.15, -0.1) is 0 Å². The Morgan fingerprint density at radius 3 is 3.15 bits per heavy atom. The lowest BCUT2D eigenvalue weighted by Gasteiger charge is -2.33. The van der Waals surface area contributed by atoms with Gasteiger partial charge in [-0.1, -0.05) is 42.5 Å².